The molecule has 0 aliphatic heterocycles. The molecule has 3 N–H and O–H groups in total. The first-order valence-electron chi connectivity index (χ1n) is 10.2. The molecular formula is C25H19F3N4O2. The molecule has 0 saturated heterocycles. The first-order valence-corrected chi connectivity index (χ1v) is 10.2. The van der Waals surface area contributed by atoms with Crippen molar-refractivity contribution in [2.45, 2.75) is 13.1 Å². The average Bonchev–Trinajstić information content (AvgIpc) is 2.79. The van der Waals surface area contributed by atoms with Crippen molar-refractivity contribution in [1.29, 1.82) is 0 Å². The van der Waals surface area contributed by atoms with Crippen molar-refractivity contribution in [3.63, 3.8) is 0 Å². The summed E-state index contributed by atoms with van der Waals surface area (Å²) in [6.07, 6.45) is -4.52. The van der Waals surface area contributed by atoms with Crippen LogP contribution in [0.15, 0.2) is 78.9 Å². The second-order valence-electron chi connectivity index (χ2n) is 7.52. The molecule has 0 spiro atoms. The Balaban J connectivity index is 1.56. The van der Waals surface area contributed by atoms with Gasteiger partial charge in [0.05, 0.1) is 16.8 Å². The van der Waals surface area contributed by atoms with Gasteiger partial charge in [0.1, 0.15) is 0 Å². The summed E-state index contributed by atoms with van der Waals surface area (Å²) < 4.78 is 38.7. The predicted molar refractivity (Wildman–Crippen MR) is 125 cm³/mol. The maximum absolute atomic E-state index is 12.9. The molecule has 1 aromatic heterocycles. The molecule has 0 saturated carbocycles. The minimum atomic E-state index is -4.52. The summed E-state index contributed by atoms with van der Waals surface area (Å²) in [7, 11) is 0. The van der Waals surface area contributed by atoms with Gasteiger partial charge in [-0.25, -0.2) is 4.79 Å². The van der Waals surface area contributed by atoms with Crippen molar-refractivity contribution in [3.8, 4) is 0 Å². The zero-order chi connectivity index (χ0) is 24.3. The maximum Gasteiger partial charge on any atom is 0.416 e. The number of halogens is 3. The van der Waals surface area contributed by atoms with Crippen LogP contribution in [0.5, 0.6) is 0 Å². The Kier molecular flexibility index (Phi) is 6.18. The molecule has 0 atom stereocenters. The van der Waals surface area contributed by atoms with Crippen LogP contribution in [-0.4, -0.2) is 16.9 Å². The van der Waals surface area contributed by atoms with Crippen LogP contribution < -0.4 is 16.0 Å². The van der Waals surface area contributed by atoms with E-state index in [9.17, 15) is 22.8 Å². The zero-order valence-electron chi connectivity index (χ0n) is 17.9. The van der Waals surface area contributed by atoms with Gasteiger partial charge in [0.25, 0.3) is 5.91 Å². The standard InChI is InChI=1S/C25H19F3N4O2/c1-15-12-22(32-23(33)16-6-3-2-4-7-16)20-14-19(10-11-21(20)29-15)31-24(34)30-18-9-5-8-17(13-18)25(26,27)28/h2-14H,1H3,(H,29,32,33)(H2,30,31,34). The number of carbonyl (C=O) groups excluding carboxylic acids is 2. The van der Waals surface area contributed by atoms with Crippen LogP contribution in [0.3, 0.4) is 0 Å². The Bertz CT molecular complexity index is 1370. The highest BCUT2D eigenvalue weighted by Crippen LogP contribution is 2.31. The third-order valence-corrected chi connectivity index (χ3v) is 4.93. The van der Waals surface area contributed by atoms with E-state index in [1.54, 1.807) is 55.5 Å². The number of alkyl halides is 3. The van der Waals surface area contributed by atoms with Crippen LogP contribution in [-0.2, 0) is 6.18 Å². The van der Waals surface area contributed by atoms with Gasteiger partial charge < -0.3 is 16.0 Å². The quantitative estimate of drug-likeness (QED) is 0.324. The number of hydrogen-bond acceptors (Lipinski definition) is 3. The molecule has 0 fully saturated rings. The minimum absolute atomic E-state index is 0.00113. The van der Waals surface area contributed by atoms with E-state index in [0.717, 1.165) is 12.1 Å². The van der Waals surface area contributed by atoms with E-state index in [1.165, 1.54) is 12.1 Å². The van der Waals surface area contributed by atoms with Crippen molar-refractivity contribution in [2.24, 2.45) is 0 Å². The predicted octanol–water partition coefficient (Wildman–Crippen LogP) is 6.46. The second kappa shape index (κ2) is 9.22. The van der Waals surface area contributed by atoms with Crippen LogP contribution in [0.2, 0.25) is 0 Å². The smallest absolute Gasteiger partial charge is 0.321 e. The first-order chi connectivity index (χ1) is 16.2. The van der Waals surface area contributed by atoms with E-state index in [-0.39, 0.29) is 11.6 Å². The first kappa shape index (κ1) is 22.8. The summed E-state index contributed by atoms with van der Waals surface area (Å²) >= 11 is 0. The zero-order valence-corrected chi connectivity index (χ0v) is 17.9. The summed E-state index contributed by atoms with van der Waals surface area (Å²) in [5, 5.41) is 8.45. The van der Waals surface area contributed by atoms with Crippen LogP contribution in [0.4, 0.5) is 35.0 Å². The SMILES string of the molecule is Cc1cc(NC(=O)c2ccccc2)c2cc(NC(=O)Nc3cccc(C(F)(F)F)c3)ccc2n1. The lowest BCUT2D eigenvalue weighted by atomic mass is 10.1. The van der Waals surface area contributed by atoms with E-state index in [0.29, 0.717) is 33.5 Å². The summed E-state index contributed by atoms with van der Waals surface area (Å²) in [5.74, 6) is -0.298. The van der Waals surface area contributed by atoms with Gasteiger partial charge in [0.2, 0.25) is 0 Å². The van der Waals surface area contributed by atoms with Crippen molar-refractivity contribution in [3.05, 3.63) is 95.7 Å². The highest BCUT2D eigenvalue weighted by atomic mass is 19.4. The molecule has 0 aliphatic carbocycles. The minimum Gasteiger partial charge on any atom is -0.321 e. The Morgan fingerprint density at radius 2 is 1.50 bits per heavy atom. The number of urea groups is 1. The fraction of sp³-hybridized carbons (Fsp3) is 0.0800. The Hall–Kier alpha value is -4.40. The number of pyridine rings is 1. The number of nitrogens with one attached hydrogen (secondary N) is 3. The number of aromatic nitrogens is 1. The van der Waals surface area contributed by atoms with E-state index >= 15 is 0 Å². The average molecular weight is 464 g/mol. The van der Waals surface area contributed by atoms with Crippen molar-refractivity contribution in [1.82, 2.24) is 4.98 Å². The number of rotatable bonds is 4. The van der Waals surface area contributed by atoms with E-state index in [1.807, 2.05) is 6.07 Å². The Morgan fingerprint density at radius 3 is 2.21 bits per heavy atom. The largest absolute Gasteiger partial charge is 0.416 e. The number of carbonyl (C=O) groups is 2. The van der Waals surface area contributed by atoms with Crippen LogP contribution >= 0.6 is 0 Å². The molecular weight excluding hydrogens is 445 g/mol. The molecule has 3 amide bonds. The fourth-order valence-corrected chi connectivity index (χ4v) is 3.39. The molecule has 0 aliphatic rings. The molecule has 0 unspecified atom stereocenters. The third kappa shape index (κ3) is 5.32. The van der Waals surface area contributed by atoms with Gasteiger partial charge in [-0.1, -0.05) is 24.3 Å². The lowest BCUT2D eigenvalue weighted by Gasteiger charge is -2.13. The summed E-state index contributed by atoms with van der Waals surface area (Å²) in [4.78, 5) is 29.5. The molecule has 4 aromatic rings. The number of anilines is 3. The normalized spacial score (nSPS) is 11.2. The van der Waals surface area contributed by atoms with E-state index < -0.39 is 17.8 Å². The molecule has 6 nitrogen and oxygen atoms in total. The van der Waals surface area contributed by atoms with Gasteiger partial charge >= 0.3 is 12.2 Å². The number of fused-ring (bicyclic) bond motifs is 1. The molecule has 0 bridgehead atoms. The summed E-state index contributed by atoms with van der Waals surface area (Å²) in [5.41, 5.74) is 1.81. The monoisotopic (exact) mass is 464 g/mol. The van der Waals surface area contributed by atoms with Gasteiger partial charge in [-0.05, 0) is 61.5 Å². The summed E-state index contributed by atoms with van der Waals surface area (Å²) in [6.45, 7) is 1.80. The molecule has 9 heteroatoms. The number of hydrogen-bond donors (Lipinski definition) is 3. The van der Waals surface area contributed by atoms with Crippen LogP contribution in [0.25, 0.3) is 10.9 Å². The van der Waals surface area contributed by atoms with Crippen LogP contribution in [0, 0.1) is 6.92 Å². The van der Waals surface area contributed by atoms with Crippen molar-refractivity contribution < 1.29 is 22.8 Å². The van der Waals surface area contributed by atoms with E-state index in [2.05, 4.69) is 20.9 Å². The van der Waals surface area contributed by atoms with Gasteiger partial charge in [0.15, 0.2) is 0 Å². The number of benzene rings is 3. The Labute approximate surface area is 192 Å². The molecule has 172 valence electrons. The maximum atomic E-state index is 12.9. The highest BCUT2D eigenvalue weighted by molar-refractivity contribution is 6.09. The van der Waals surface area contributed by atoms with E-state index in [4.69, 9.17) is 0 Å². The van der Waals surface area contributed by atoms with Gasteiger partial charge in [-0.2, -0.15) is 13.2 Å². The van der Waals surface area contributed by atoms with Crippen LogP contribution in [0.1, 0.15) is 21.6 Å². The topological polar surface area (TPSA) is 83.1 Å². The number of aryl methyl sites for hydroxylation is 1. The highest BCUT2D eigenvalue weighted by Gasteiger charge is 2.30. The lowest BCUT2D eigenvalue weighted by molar-refractivity contribution is -0.137. The third-order valence-electron chi connectivity index (χ3n) is 4.93. The Morgan fingerprint density at radius 1 is 0.794 bits per heavy atom. The molecule has 3 aromatic carbocycles. The van der Waals surface area contributed by atoms with Gasteiger partial charge in [0, 0.05) is 28.0 Å². The van der Waals surface area contributed by atoms with Gasteiger partial charge in [-0.15, -0.1) is 0 Å². The van der Waals surface area contributed by atoms with Gasteiger partial charge in [-0.3, -0.25) is 9.78 Å². The van der Waals surface area contributed by atoms with Crippen molar-refractivity contribution in [2.75, 3.05) is 16.0 Å². The molecule has 1 heterocycles. The van der Waals surface area contributed by atoms with Crippen molar-refractivity contribution >= 4 is 39.9 Å². The summed E-state index contributed by atoms with van der Waals surface area (Å²) in [6, 6.07) is 19.0. The number of amides is 3. The lowest BCUT2D eigenvalue weighted by Crippen LogP contribution is -2.20. The number of nitrogens with zero attached hydrogens (tertiary/aromatic N) is 1. The molecule has 0 radical (unpaired) electrons. The fourth-order valence-electron chi connectivity index (χ4n) is 3.39. The molecule has 34 heavy (non-hydrogen) atoms. The molecule has 4 rings (SSSR count). The second-order valence-corrected chi connectivity index (χ2v) is 7.52.